The van der Waals surface area contributed by atoms with Crippen LogP contribution in [0.4, 0.5) is 11.4 Å². The smallest absolute Gasteiger partial charge is 0.0541 e. The van der Waals surface area contributed by atoms with Gasteiger partial charge >= 0.3 is 0 Å². The summed E-state index contributed by atoms with van der Waals surface area (Å²) in [6, 6.07) is 63.1. The van der Waals surface area contributed by atoms with Gasteiger partial charge in [0.1, 0.15) is 0 Å². The van der Waals surface area contributed by atoms with E-state index in [0.717, 1.165) is 6.42 Å². The molecule has 2 heteroatoms. The van der Waals surface area contributed by atoms with Gasteiger partial charge in [0, 0.05) is 39.2 Å². The first kappa shape index (κ1) is 32.5. The van der Waals surface area contributed by atoms with Crippen LogP contribution in [0, 0.1) is 5.92 Å². The summed E-state index contributed by atoms with van der Waals surface area (Å²) in [7, 11) is 0. The van der Waals surface area contributed by atoms with Crippen LogP contribution in [0.5, 0.6) is 0 Å². The number of nitrogens with zero attached hydrogens (tertiary/aromatic N) is 2. The molecule has 3 unspecified atom stereocenters. The van der Waals surface area contributed by atoms with Gasteiger partial charge in [-0.1, -0.05) is 148 Å². The maximum atomic E-state index is 2.59. The predicted octanol–water partition coefficient (Wildman–Crippen LogP) is 13.6. The molecule has 0 radical (unpaired) electrons. The summed E-state index contributed by atoms with van der Waals surface area (Å²) < 4.78 is 2.38. The van der Waals surface area contributed by atoms with Gasteiger partial charge in [-0.15, -0.1) is 0 Å². The Morgan fingerprint density at radius 2 is 1.19 bits per heavy atom. The van der Waals surface area contributed by atoms with Gasteiger partial charge < -0.3 is 9.47 Å². The van der Waals surface area contributed by atoms with Crippen LogP contribution in [0.3, 0.4) is 0 Å². The topological polar surface area (TPSA) is 8.17 Å². The normalized spacial score (nSPS) is 18.5. The third-order valence-corrected chi connectivity index (χ3v) is 12.3. The monoisotopic (exact) mass is 696 g/mol. The van der Waals surface area contributed by atoms with Gasteiger partial charge in [0.15, 0.2) is 0 Å². The predicted molar refractivity (Wildman–Crippen MR) is 228 cm³/mol. The molecule has 2 aliphatic rings. The fraction of sp³-hybridized carbons (Fsp3) is 0.154. The summed E-state index contributed by atoms with van der Waals surface area (Å²) in [5, 5.41) is 2.54. The van der Waals surface area contributed by atoms with Crippen molar-refractivity contribution in [2.24, 2.45) is 5.92 Å². The number of anilines is 2. The van der Waals surface area contributed by atoms with Crippen LogP contribution in [0.15, 0.2) is 182 Å². The zero-order valence-electron chi connectivity index (χ0n) is 31.2. The molecular weight excluding hydrogens is 653 g/mol. The van der Waals surface area contributed by atoms with Gasteiger partial charge in [0.25, 0.3) is 0 Å². The summed E-state index contributed by atoms with van der Waals surface area (Å²) in [6.07, 6.45) is 6.00. The summed E-state index contributed by atoms with van der Waals surface area (Å²) in [6.45, 7) is 7.17. The Morgan fingerprint density at radius 1 is 0.537 bits per heavy atom. The SMILES string of the molecule is CC1CC(N(c2ccc(-c3ccc4c(c3)c3ccccc3n4-c3ccccc3)cc2)c2ccc3c(c2)C(C)(C)c2ccccc2-3)C=CC1c1ccccc1. The molecule has 0 bridgehead atoms. The van der Waals surface area contributed by atoms with E-state index in [1.54, 1.807) is 0 Å². The molecule has 7 aromatic carbocycles. The molecule has 0 N–H and O–H groups in total. The molecular formula is C52H44N2. The molecule has 1 heterocycles. The van der Waals surface area contributed by atoms with E-state index in [9.17, 15) is 0 Å². The third kappa shape index (κ3) is 5.23. The van der Waals surface area contributed by atoms with Crippen LogP contribution >= 0.6 is 0 Å². The van der Waals surface area contributed by atoms with Gasteiger partial charge in [-0.05, 0) is 106 Å². The zero-order valence-corrected chi connectivity index (χ0v) is 31.2. The molecule has 1 aromatic heterocycles. The number of fused-ring (bicyclic) bond motifs is 6. The fourth-order valence-corrected chi connectivity index (χ4v) is 9.55. The van der Waals surface area contributed by atoms with Crippen LogP contribution in [0.1, 0.15) is 49.8 Å². The van der Waals surface area contributed by atoms with Crippen molar-refractivity contribution in [3.63, 3.8) is 0 Å². The molecule has 0 amide bonds. The highest BCUT2D eigenvalue weighted by Gasteiger charge is 2.36. The minimum atomic E-state index is -0.0617. The lowest BCUT2D eigenvalue weighted by molar-refractivity contribution is 0.436. The lowest BCUT2D eigenvalue weighted by Crippen LogP contribution is -2.34. The van der Waals surface area contributed by atoms with E-state index in [2.05, 4.69) is 212 Å². The Bertz CT molecular complexity index is 2680. The van der Waals surface area contributed by atoms with Crippen molar-refractivity contribution in [1.82, 2.24) is 4.57 Å². The standard InChI is InChI=1S/C52H44N2/c1-35-32-41(27-29-43(35)37-14-6-4-7-15-37)53(42-28-30-45-44-18-10-12-20-48(44)52(2,3)49(45)34-42)40-25-22-36(23-26-40)38-24-31-51-47(33-38)46-19-11-13-21-50(46)54(51)39-16-8-5-9-17-39/h4-31,33-35,41,43H,32H2,1-3H3. The van der Waals surface area contributed by atoms with Crippen molar-refractivity contribution >= 4 is 33.2 Å². The van der Waals surface area contributed by atoms with Crippen molar-refractivity contribution in [2.75, 3.05) is 4.90 Å². The molecule has 10 rings (SSSR count). The average molecular weight is 697 g/mol. The largest absolute Gasteiger partial charge is 0.335 e. The van der Waals surface area contributed by atoms with E-state index in [1.165, 1.54) is 77.8 Å². The Hall–Kier alpha value is -6.12. The first-order valence-electron chi connectivity index (χ1n) is 19.4. The van der Waals surface area contributed by atoms with E-state index in [1.807, 2.05) is 0 Å². The van der Waals surface area contributed by atoms with Gasteiger partial charge in [-0.2, -0.15) is 0 Å². The first-order valence-corrected chi connectivity index (χ1v) is 19.4. The minimum absolute atomic E-state index is 0.0617. The second-order valence-corrected chi connectivity index (χ2v) is 15.8. The highest BCUT2D eigenvalue weighted by atomic mass is 15.2. The Kier molecular flexibility index (Phi) is 7.70. The molecule has 8 aromatic rings. The number of rotatable bonds is 6. The van der Waals surface area contributed by atoms with Crippen molar-refractivity contribution in [2.45, 2.75) is 44.6 Å². The van der Waals surface area contributed by atoms with Gasteiger partial charge in [-0.3, -0.25) is 0 Å². The Labute approximate surface area is 318 Å². The molecule has 2 nitrogen and oxygen atoms in total. The van der Waals surface area contributed by atoms with Crippen LogP contribution in [0.25, 0.3) is 49.7 Å². The highest BCUT2D eigenvalue weighted by molar-refractivity contribution is 6.10. The van der Waals surface area contributed by atoms with Crippen LogP contribution in [0.2, 0.25) is 0 Å². The summed E-state index contributed by atoms with van der Waals surface area (Å²) in [5.41, 5.74) is 15.4. The zero-order chi connectivity index (χ0) is 36.4. The van der Waals surface area contributed by atoms with Crippen molar-refractivity contribution < 1.29 is 0 Å². The van der Waals surface area contributed by atoms with E-state index >= 15 is 0 Å². The molecule has 262 valence electrons. The van der Waals surface area contributed by atoms with E-state index < -0.39 is 0 Å². The van der Waals surface area contributed by atoms with Gasteiger partial charge in [-0.25, -0.2) is 0 Å². The number of hydrogen-bond acceptors (Lipinski definition) is 1. The van der Waals surface area contributed by atoms with Gasteiger partial charge in [0.2, 0.25) is 0 Å². The van der Waals surface area contributed by atoms with Gasteiger partial charge in [0.05, 0.1) is 17.1 Å². The van der Waals surface area contributed by atoms with E-state index in [4.69, 9.17) is 0 Å². The van der Waals surface area contributed by atoms with Crippen molar-refractivity contribution in [1.29, 1.82) is 0 Å². The molecule has 0 fully saturated rings. The maximum Gasteiger partial charge on any atom is 0.0541 e. The Balaban J connectivity index is 1.05. The number of hydrogen-bond donors (Lipinski definition) is 0. The summed E-state index contributed by atoms with van der Waals surface area (Å²) in [4.78, 5) is 2.59. The second-order valence-electron chi connectivity index (χ2n) is 15.8. The highest BCUT2D eigenvalue weighted by Crippen LogP contribution is 2.50. The average Bonchev–Trinajstić information content (AvgIpc) is 3.67. The number of benzene rings is 7. The molecule has 0 spiro atoms. The maximum absolute atomic E-state index is 2.59. The van der Waals surface area contributed by atoms with E-state index in [0.29, 0.717) is 11.8 Å². The number of para-hydroxylation sites is 2. The van der Waals surface area contributed by atoms with Crippen LogP contribution < -0.4 is 4.90 Å². The number of allylic oxidation sites excluding steroid dienone is 1. The lowest BCUT2D eigenvalue weighted by atomic mass is 9.78. The molecule has 3 atom stereocenters. The molecule has 54 heavy (non-hydrogen) atoms. The van der Waals surface area contributed by atoms with Crippen LogP contribution in [-0.4, -0.2) is 10.6 Å². The quantitative estimate of drug-likeness (QED) is 0.157. The summed E-state index contributed by atoms with van der Waals surface area (Å²) in [5.74, 6) is 0.923. The first-order chi connectivity index (χ1) is 26.5. The molecule has 0 saturated carbocycles. The minimum Gasteiger partial charge on any atom is -0.335 e. The Morgan fingerprint density at radius 3 is 1.98 bits per heavy atom. The third-order valence-electron chi connectivity index (χ3n) is 12.3. The van der Waals surface area contributed by atoms with E-state index in [-0.39, 0.29) is 11.5 Å². The second kappa shape index (κ2) is 12.8. The van der Waals surface area contributed by atoms with Crippen molar-refractivity contribution in [3.8, 4) is 27.9 Å². The number of aromatic nitrogens is 1. The summed E-state index contributed by atoms with van der Waals surface area (Å²) >= 11 is 0. The van der Waals surface area contributed by atoms with Crippen LogP contribution in [-0.2, 0) is 5.41 Å². The molecule has 2 aliphatic carbocycles. The lowest BCUT2D eigenvalue weighted by Gasteiger charge is -2.38. The molecule has 0 aliphatic heterocycles. The fourth-order valence-electron chi connectivity index (χ4n) is 9.55. The van der Waals surface area contributed by atoms with Crippen molar-refractivity contribution in [3.05, 3.63) is 199 Å². The molecule has 0 saturated heterocycles.